The molecular weight excluding hydrogens is 503 g/mol. The standard InChI is InChI=1S/C34H23BN6/c1-4-14-24(15-5-1)31-37-32(25-16-6-2-7-17-25)39-34(38-31)41-29-22-12-10-20-27(29)33-36-28-21-11-13-23-30(28)40(33)35(41)26-18-8-3-9-19-26/h1-23H. The zero-order valence-corrected chi connectivity index (χ0v) is 22.0. The van der Waals surface area contributed by atoms with Crippen LogP contribution in [0.15, 0.2) is 140 Å². The van der Waals surface area contributed by atoms with Gasteiger partial charge in [-0.15, -0.1) is 0 Å². The topological polar surface area (TPSA) is 59.7 Å². The Morgan fingerprint density at radius 3 is 1.73 bits per heavy atom. The van der Waals surface area contributed by atoms with Crippen LogP contribution in [-0.4, -0.2) is 31.4 Å². The van der Waals surface area contributed by atoms with Crippen molar-refractivity contribution in [2.75, 3.05) is 4.81 Å². The van der Waals surface area contributed by atoms with E-state index in [4.69, 9.17) is 19.9 Å². The molecule has 41 heavy (non-hydrogen) atoms. The Morgan fingerprint density at radius 2 is 1.05 bits per heavy atom. The lowest BCUT2D eigenvalue weighted by Gasteiger charge is -2.36. The van der Waals surface area contributed by atoms with E-state index in [2.05, 4.69) is 76.0 Å². The molecular formula is C34H23BN6. The van der Waals surface area contributed by atoms with Gasteiger partial charge in [0.2, 0.25) is 5.95 Å². The largest absolute Gasteiger partial charge is 0.424 e. The van der Waals surface area contributed by atoms with Crippen LogP contribution in [0.5, 0.6) is 0 Å². The summed E-state index contributed by atoms with van der Waals surface area (Å²) in [5.74, 6) is 2.75. The molecule has 0 N–H and O–H groups in total. The van der Waals surface area contributed by atoms with Crippen molar-refractivity contribution >= 4 is 35.1 Å². The van der Waals surface area contributed by atoms with E-state index in [1.54, 1.807) is 0 Å². The quantitative estimate of drug-likeness (QED) is 0.242. The first-order valence-corrected chi connectivity index (χ1v) is 13.6. The lowest BCUT2D eigenvalue weighted by atomic mass is 9.63. The minimum atomic E-state index is -0.275. The summed E-state index contributed by atoms with van der Waals surface area (Å²) in [7, 11) is 0. The molecule has 5 aromatic carbocycles. The average molecular weight is 526 g/mol. The minimum absolute atomic E-state index is 0.275. The summed E-state index contributed by atoms with van der Waals surface area (Å²) >= 11 is 0. The fraction of sp³-hybridized carbons (Fsp3) is 0. The maximum atomic E-state index is 5.13. The number of benzene rings is 5. The second kappa shape index (κ2) is 9.57. The highest BCUT2D eigenvalue weighted by Gasteiger charge is 2.41. The number of fused-ring (bicyclic) bond motifs is 5. The predicted octanol–water partition coefficient (Wildman–Crippen LogP) is 6.62. The molecule has 6 nitrogen and oxygen atoms in total. The normalized spacial score (nSPS) is 12.3. The summed E-state index contributed by atoms with van der Waals surface area (Å²) in [5.41, 5.74) is 7.00. The first kappa shape index (κ1) is 23.3. The van der Waals surface area contributed by atoms with Gasteiger partial charge in [0.1, 0.15) is 5.82 Å². The molecule has 1 aliphatic heterocycles. The van der Waals surface area contributed by atoms with Gasteiger partial charge in [-0.25, -0.2) is 9.97 Å². The van der Waals surface area contributed by atoms with E-state index >= 15 is 0 Å². The van der Waals surface area contributed by atoms with E-state index < -0.39 is 0 Å². The number of hydrogen-bond donors (Lipinski definition) is 0. The Labute approximate surface area is 237 Å². The third-order valence-electron chi connectivity index (χ3n) is 7.49. The van der Waals surface area contributed by atoms with Gasteiger partial charge < -0.3 is 9.29 Å². The van der Waals surface area contributed by atoms with Crippen LogP contribution in [0, 0.1) is 0 Å². The Hall–Kier alpha value is -5.56. The van der Waals surface area contributed by atoms with E-state index in [9.17, 15) is 0 Å². The molecule has 1 aliphatic rings. The molecule has 0 radical (unpaired) electrons. The number of aromatic nitrogens is 5. The fourth-order valence-corrected chi connectivity index (χ4v) is 5.65. The first-order chi connectivity index (χ1) is 20.3. The van der Waals surface area contributed by atoms with Crippen molar-refractivity contribution in [2.45, 2.75) is 0 Å². The molecule has 3 heterocycles. The number of hydrogen-bond acceptors (Lipinski definition) is 5. The van der Waals surface area contributed by atoms with E-state index in [0.717, 1.165) is 44.7 Å². The third kappa shape index (κ3) is 3.90. The monoisotopic (exact) mass is 526 g/mol. The molecule has 0 atom stereocenters. The first-order valence-electron chi connectivity index (χ1n) is 13.6. The molecule has 7 heteroatoms. The number of rotatable bonds is 4. The van der Waals surface area contributed by atoms with Crippen molar-refractivity contribution in [1.82, 2.24) is 24.4 Å². The number of imidazole rings is 1. The van der Waals surface area contributed by atoms with Gasteiger partial charge in [-0.1, -0.05) is 115 Å². The number of para-hydroxylation sites is 3. The summed E-state index contributed by atoms with van der Waals surface area (Å²) in [6, 6.07) is 47.3. The van der Waals surface area contributed by atoms with Crippen LogP contribution >= 0.6 is 0 Å². The molecule has 8 rings (SSSR count). The van der Waals surface area contributed by atoms with Crippen molar-refractivity contribution in [1.29, 1.82) is 0 Å². The van der Waals surface area contributed by atoms with E-state index in [0.29, 0.717) is 17.6 Å². The second-order valence-electron chi connectivity index (χ2n) is 9.98. The lowest BCUT2D eigenvalue weighted by molar-refractivity contribution is 1.02. The number of nitrogens with zero attached hydrogens (tertiary/aromatic N) is 6. The van der Waals surface area contributed by atoms with Crippen LogP contribution < -0.4 is 10.3 Å². The molecule has 0 spiro atoms. The molecule has 0 unspecified atom stereocenters. The van der Waals surface area contributed by atoms with Gasteiger partial charge in [-0.05, 0) is 29.7 Å². The summed E-state index contributed by atoms with van der Waals surface area (Å²) in [6.45, 7) is -0.275. The van der Waals surface area contributed by atoms with E-state index in [-0.39, 0.29) is 6.98 Å². The molecule has 0 amide bonds. The molecule has 0 aliphatic carbocycles. The highest BCUT2D eigenvalue weighted by Crippen LogP contribution is 2.41. The second-order valence-corrected chi connectivity index (χ2v) is 9.98. The van der Waals surface area contributed by atoms with Gasteiger partial charge in [-0.2, -0.15) is 9.97 Å². The van der Waals surface area contributed by atoms with Crippen molar-refractivity contribution in [2.24, 2.45) is 0 Å². The SMILES string of the molecule is c1ccc(B2N(c3nc(-c4ccccc4)nc(-c4ccccc4)n3)c3ccccc3-c3nc4ccccc4n32)cc1. The third-order valence-corrected chi connectivity index (χ3v) is 7.49. The Bertz CT molecular complexity index is 1950. The molecule has 192 valence electrons. The van der Waals surface area contributed by atoms with Crippen molar-refractivity contribution in [3.05, 3.63) is 140 Å². The van der Waals surface area contributed by atoms with Crippen LogP contribution in [0.1, 0.15) is 0 Å². The Kier molecular flexibility index (Phi) is 5.45. The van der Waals surface area contributed by atoms with Crippen molar-refractivity contribution in [3.63, 3.8) is 0 Å². The van der Waals surface area contributed by atoms with Crippen LogP contribution in [0.25, 0.3) is 45.2 Å². The zero-order chi connectivity index (χ0) is 27.2. The van der Waals surface area contributed by atoms with Gasteiger partial charge in [0.15, 0.2) is 11.6 Å². The Balaban J connectivity index is 1.45. The van der Waals surface area contributed by atoms with Gasteiger partial charge in [0.25, 0.3) is 0 Å². The molecule has 0 fully saturated rings. The summed E-state index contributed by atoms with van der Waals surface area (Å²) < 4.78 is 2.31. The van der Waals surface area contributed by atoms with Gasteiger partial charge in [0.05, 0.1) is 11.0 Å². The highest BCUT2D eigenvalue weighted by molar-refractivity contribution is 6.78. The van der Waals surface area contributed by atoms with Crippen LogP contribution in [-0.2, 0) is 0 Å². The minimum Gasteiger partial charge on any atom is -0.344 e. The highest BCUT2D eigenvalue weighted by atomic mass is 15.3. The smallest absolute Gasteiger partial charge is 0.344 e. The van der Waals surface area contributed by atoms with Gasteiger partial charge in [-0.3, -0.25) is 0 Å². The van der Waals surface area contributed by atoms with Crippen LogP contribution in [0.4, 0.5) is 11.6 Å². The predicted molar refractivity (Wildman–Crippen MR) is 165 cm³/mol. The molecule has 0 bridgehead atoms. The number of anilines is 2. The van der Waals surface area contributed by atoms with Crippen LogP contribution in [0.2, 0.25) is 0 Å². The van der Waals surface area contributed by atoms with E-state index in [1.807, 2.05) is 72.8 Å². The van der Waals surface area contributed by atoms with E-state index in [1.165, 1.54) is 0 Å². The van der Waals surface area contributed by atoms with Crippen LogP contribution in [0.3, 0.4) is 0 Å². The maximum Gasteiger partial charge on any atom is 0.424 e. The summed E-state index contributed by atoms with van der Waals surface area (Å²) in [4.78, 5) is 22.5. The molecule has 7 aromatic rings. The Morgan fingerprint density at radius 1 is 0.488 bits per heavy atom. The van der Waals surface area contributed by atoms with Crippen molar-refractivity contribution in [3.8, 4) is 34.2 Å². The van der Waals surface area contributed by atoms with Crippen molar-refractivity contribution < 1.29 is 0 Å². The molecule has 2 aromatic heterocycles. The summed E-state index contributed by atoms with van der Waals surface area (Å²) in [6.07, 6.45) is 0. The lowest BCUT2D eigenvalue weighted by Crippen LogP contribution is -2.54. The zero-order valence-electron chi connectivity index (χ0n) is 22.0. The maximum absolute atomic E-state index is 5.13. The van der Waals surface area contributed by atoms with Gasteiger partial charge >= 0.3 is 6.98 Å². The molecule has 0 saturated heterocycles. The van der Waals surface area contributed by atoms with Gasteiger partial charge in [0, 0.05) is 22.4 Å². The molecule has 0 saturated carbocycles. The summed E-state index contributed by atoms with van der Waals surface area (Å²) in [5, 5.41) is 0. The fourth-order valence-electron chi connectivity index (χ4n) is 5.65. The average Bonchev–Trinajstić information content (AvgIpc) is 3.45.